The highest BCUT2D eigenvalue weighted by molar-refractivity contribution is 5.86. The van der Waals surface area contributed by atoms with E-state index in [1.807, 2.05) is 35.1 Å². The average molecular weight is 441 g/mol. The lowest BCUT2D eigenvalue weighted by Crippen LogP contribution is -2.44. The zero-order chi connectivity index (χ0) is 22.2. The van der Waals surface area contributed by atoms with E-state index in [4.69, 9.17) is 9.72 Å². The van der Waals surface area contributed by atoms with Gasteiger partial charge in [-0.1, -0.05) is 12.1 Å². The summed E-state index contributed by atoms with van der Waals surface area (Å²) >= 11 is 0. The molecule has 0 aliphatic carbocycles. The molecule has 1 fully saturated rings. The number of nitrogens with one attached hydrogen (secondary N) is 1. The van der Waals surface area contributed by atoms with Gasteiger partial charge in [-0.25, -0.2) is 15.0 Å². The molecule has 166 valence electrons. The van der Waals surface area contributed by atoms with E-state index < -0.39 is 0 Å². The van der Waals surface area contributed by atoms with Crippen LogP contribution in [-0.2, 0) is 11.3 Å². The summed E-state index contributed by atoms with van der Waals surface area (Å²) in [5.41, 5.74) is 5.83. The highest BCUT2D eigenvalue weighted by Crippen LogP contribution is 2.27. The number of morpholine rings is 1. The Morgan fingerprint density at radius 3 is 3.03 bits per heavy atom. The summed E-state index contributed by atoms with van der Waals surface area (Å²) in [5, 5.41) is 12.8. The van der Waals surface area contributed by atoms with Crippen LogP contribution in [0.4, 0.5) is 17.3 Å². The number of aliphatic hydroxyl groups is 1. The normalized spacial score (nSPS) is 17.5. The number of aliphatic imine (C=N–C) groups is 1. The predicted octanol–water partition coefficient (Wildman–Crippen LogP) is 2.66. The third-order valence-electron chi connectivity index (χ3n) is 5.98. The summed E-state index contributed by atoms with van der Waals surface area (Å²) in [6, 6.07) is 10.3. The van der Waals surface area contributed by atoms with Gasteiger partial charge in [-0.05, 0) is 29.3 Å². The van der Waals surface area contributed by atoms with E-state index in [9.17, 15) is 5.11 Å². The third-order valence-corrected chi connectivity index (χ3v) is 5.98. The van der Waals surface area contributed by atoms with Crippen LogP contribution in [0.25, 0.3) is 16.9 Å². The lowest BCUT2D eigenvalue weighted by atomic mass is 10.0. The molecule has 1 aromatic carbocycles. The summed E-state index contributed by atoms with van der Waals surface area (Å²) in [7, 11) is 0. The van der Waals surface area contributed by atoms with Gasteiger partial charge in [0, 0.05) is 43.5 Å². The quantitative estimate of drug-likeness (QED) is 0.491. The molecule has 2 aliphatic rings. The Kier molecular flexibility index (Phi) is 4.97. The van der Waals surface area contributed by atoms with Crippen molar-refractivity contribution in [3.63, 3.8) is 0 Å². The molecule has 4 aromatic rings. The van der Waals surface area contributed by atoms with Crippen molar-refractivity contribution < 1.29 is 9.84 Å². The minimum Gasteiger partial charge on any atom is -0.394 e. The van der Waals surface area contributed by atoms with E-state index >= 15 is 0 Å². The maximum Gasteiger partial charge on any atom is 0.180 e. The zero-order valence-corrected chi connectivity index (χ0v) is 17.9. The number of benzene rings is 1. The summed E-state index contributed by atoms with van der Waals surface area (Å²) in [6.45, 7) is 2.68. The number of anilines is 3. The maximum atomic E-state index is 9.38. The minimum absolute atomic E-state index is 0.00963. The SMILES string of the molecule is OC[C@H]1CN(c2ccc(Nc3nc(-c4ccc5c(c4)CN=C5)cn4ccnc34)cn2)CCO1. The number of aliphatic hydroxyl groups excluding tert-OH is 1. The van der Waals surface area contributed by atoms with Crippen LogP contribution in [0, 0.1) is 0 Å². The Bertz CT molecular complexity index is 1330. The Morgan fingerprint density at radius 1 is 1.18 bits per heavy atom. The molecule has 0 bridgehead atoms. The first-order chi connectivity index (χ1) is 16.3. The van der Waals surface area contributed by atoms with E-state index in [-0.39, 0.29) is 12.7 Å². The Morgan fingerprint density at radius 2 is 2.15 bits per heavy atom. The van der Waals surface area contributed by atoms with Crippen LogP contribution in [0.2, 0.25) is 0 Å². The largest absolute Gasteiger partial charge is 0.394 e. The van der Waals surface area contributed by atoms with Crippen LogP contribution in [-0.4, -0.2) is 63.1 Å². The van der Waals surface area contributed by atoms with Gasteiger partial charge in [-0.15, -0.1) is 0 Å². The molecule has 9 heteroatoms. The van der Waals surface area contributed by atoms with Gasteiger partial charge >= 0.3 is 0 Å². The second-order valence-electron chi connectivity index (χ2n) is 8.17. The molecule has 33 heavy (non-hydrogen) atoms. The van der Waals surface area contributed by atoms with Crippen molar-refractivity contribution in [2.75, 3.05) is 36.5 Å². The molecule has 0 saturated carbocycles. The number of rotatable bonds is 5. The number of hydrogen-bond acceptors (Lipinski definition) is 8. The predicted molar refractivity (Wildman–Crippen MR) is 126 cm³/mol. The topological polar surface area (TPSA) is 100 Å². The first-order valence-corrected chi connectivity index (χ1v) is 10.9. The summed E-state index contributed by atoms with van der Waals surface area (Å²) in [6.07, 6.45) is 9.20. The number of hydrogen-bond donors (Lipinski definition) is 2. The lowest BCUT2D eigenvalue weighted by Gasteiger charge is -2.32. The molecule has 2 aliphatic heterocycles. The van der Waals surface area contributed by atoms with E-state index in [1.54, 1.807) is 12.4 Å². The van der Waals surface area contributed by atoms with Crippen LogP contribution in [0.15, 0.2) is 60.1 Å². The van der Waals surface area contributed by atoms with Crippen LogP contribution < -0.4 is 10.2 Å². The highest BCUT2D eigenvalue weighted by Gasteiger charge is 2.21. The molecular weight excluding hydrogens is 418 g/mol. The van der Waals surface area contributed by atoms with E-state index in [0.29, 0.717) is 25.5 Å². The van der Waals surface area contributed by atoms with Gasteiger partial charge in [0.1, 0.15) is 5.82 Å². The molecule has 5 heterocycles. The van der Waals surface area contributed by atoms with Gasteiger partial charge < -0.3 is 24.5 Å². The summed E-state index contributed by atoms with van der Waals surface area (Å²) in [4.78, 5) is 20.4. The van der Waals surface area contributed by atoms with Crippen LogP contribution in [0.3, 0.4) is 0 Å². The minimum atomic E-state index is -0.176. The molecule has 0 radical (unpaired) electrons. The fraction of sp³-hybridized carbons (Fsp3) is 0.250. The molecule has 0 spiro atoms. The third kappa shape index (κ3) is 3.81. The van der Waals surface area contributed by atoms with Gasteiger partial charge in [0.15, 0.2) is 11.5 Å². The molecular formula is C24H23N7O2. The van der Waals surface area contributed by atoms with Crippen molar-refractivity contribution in [2.24, 2.45) is 4.99 Å². The molecule has 2 N–H and O–H groups in total. The van der Waals surface area contributed by atoms with Crippen LogP contribution >= 0.6 is 0 Å². The van der Waals surface area contributed by atoms with Crippen LogP contribution in [0.5, 0.6) is 0 Å². The van der Waals surface area contributed by atoms with Gasteiger partial charge in [0.05, 0.1) is 43.4 Å². The number of fused-ring (bicyclic) bond motifs is 2. The van der Waals surface area contributed by atoms with E-state index in [2.05, 4.69) is 43.4 Å². The van der Waals surface area contributed by atoms with Gasteiger partial charge in [0.2, 0.25) is 0 Å². The fourth-order valence-corrected chi connectivity index (χ4v) is 4.25. The first-order valence-electron chi connectivity index (χ1n) is 10.9. The van der Waals surface area contributed by atoms with Crippen molar-refractivity contribution in [3.05, 3.63) is 66.2 Å². The fourth-order valence-electron chi connectivity index (χ4n) is 4.25. The lowest BCUT2D eigenvalue weighted by molar-refractivity contribution is 0.00336. The smallest absolute Gasteiger partial charge is 0.180 e. The number of imidazole rings is 1. The Labute approximate surface area is 190 Å². The monoisotopic (exact) mass is 441 g/mol. The number of pyridine rings is 1. The number of aromatic nitrogens is 4. The second-order valence-corrected chi connectivity index (χ2v) is 8.17. The Hall–Kier alpha value is -3.82. The molecule has 3 aromatic heterocycles. The number of nitrogens with zero attached hydrogens (tertiary/aromatic N) is 6. The molecule has 6 rings (SSSR count). The Balaban J connectivity index is 1.28. The van der Waals surface area contributed by atoms with Crippen molar-refractivity contribution >= 4 is 29.2 Å². The van der Waals surface area contributed by atoms with Gasteiger partial charge in [-0.3, -0.25) is 4.99 Å². The van der Waals surface area contributed by atoms with E-state index in [0.717, 1.165) is 40.5 Å². The number of ether oxygens (including phenoxy) is 1. The first kappa shape index (κ1) is 19.8. The molecule has 9 nitrogen and oxygen atoms in total. The molecule has 1 atom stereocenters. The van der Waals surface area contributed by atoms with Gasteiger partial charge in [0.25, 0.3) is 0 Å². The van der Waals surface area contributed by atoms with Gasteiger partial charge in [-0.2, -0.15) is 0 Å². The van der Waals surface area contributed by atoms with Crippen molar-refractivity contribution in [2.45, 2.75) is 12.6 Å². The van der Waals surface area contributed by atoms with Crippen molar-refractivity contribution in [1.82, 2.24) is 19.4 Å². The van der Waals surface area contributed by atoms with Crippen LogP contribution in [0.1, 0.15) is 11.1 Å². The molecule has 1 saturated heterocycles. The van der Waals surface area contributed by atoms with Crippen molar-refractivity contribution in [1.29, 1.82) is 0 Å². The molecule has 0 amide bonds. The zero-order valence-electron chi connectivity index (χ0n) is 17.9. The summed E-state index contributed by atoms with van der Waals surface area (Å²) in [5.74, 6) is 1.52. The van der Waals surface area contributed by atoms with Crippen molar-refractivity contribution in [3.8, 4) is 11.3 Å². The highest BCUT2D eigenvalue weighted by atomic mass is 16.5. The maximum absolute atomic E-state index is 9.38. The summed E-state index contributed by atoms with van der Waals surface area (Å²) < 4.78 is 7.50. The second kappa shape index (κ2) is 8.27. The average Bonchev–Trinajstić information content (AvgIpc) is 3.53. The van der Waals surface area contributed by atoms with E-state index in [1.165, 1.54) is 5.56 Å². The standard InChI is InChI=1S/C24H23N7O2/c32-15-20-13-30(7-8-33-20)22-4-3-19(12-27-22)28-23-24-26-5-6-31(24)14-21(29-23)16-1-2-17-10-25-11-18(17)9-16/h1-6,9-10,12,14,20,32H,7-8,11,13,15H2,(H,28,29)/t20-/m1/s1. The molecule has 0 unspecified atom stereocenters.